The number of hydrogen-bond donors (Lipinski definition) is 2. The molecule has 1 heterocycles. The monoisotopic (exact) mass is 424 g/mol. The first-order valence-corrected chi connectivity index (χ1v) is 10.4. The first kappa shape index (κ1) is 22.3. The van der Waals surface area contributed by atoms with Crippen molar-refractivity contribution in [2.45, 2.75) is 44.4 Å². The minimum absolute atomic E-state index is 0.121. The fourth-order valence-electron chi connectivity index (χ4n) is 4.06. The van der Waals surface area contributed by atoms with E-state index in [0.717, 1.165) is 11.1 Å². The number of benzene rings is 2. The SMILES string of the molecule is CCC1(c2ccc(NC(=O)CCc3cccc(OC)c3OC)cc2)CCC(=O)NC1=O. The summed E-state index contributed by atoms with van der Waals surface area (Å²) in [6.45, 7) is 1.94. The van der Waals surface area contributed by atoms with E-state index in [0.29, 0.717) is 42.9 Å². The summed E-state index contributed by atoms with van der Waals surface area (Å²) in [5, 5.41) is 5.34. The van der Waals surface area contributed by atoms with Gasteiger partial charge in [-0.1, -0.05) is 31.2 Å². The highest BCUT2D eigenvalue weighted by Gasteiger charge is 2.42. The molecule has 1 unspecified atom stereocenters. The second kappa shape index (κ2) is 9.64. The standard InChI is InChI=1S/C24H28N2O5/c1-4-24(15-14-21(28)26-23(24)29)17-9-11-18(12-10-17)25-20(27)13-8-16-6-5-7-19(30-2)22(16)31-3/h5-7,9-12H,4,8,13-15H2,1-3H3,(H,25,27)(H,26,28,29). The zero-order valence-electron chi connectivity index (χ0n) is 18.1. The van der Waals surface area contributed by atoms with E-state index in [1.54, 1.807) is 26.4 Å². The van der Waals surface area contributed by atoms with Crippen molar-refractivity contribution >= 4 is 23.4 Å². The largest absolute Gasteiger partial charge is 0.493 e. The van der Waals surface area contributed by atoms with Crippen molar-refractivity contribution in [1.29, 1.82) is 0 Å². The van der Waals surface area contributed by atoms with Gasteiger partial charge in [0.2, 0.25) is 17.7 Å². The fraction of sp³-hybridized carbons (Fsp3) is 0.375. The van der Waals surface area contributed by atoms with Gasteiger partial charge in [-0.25, -0.2) is 0 Å². The van der Waals surface area contributed by atoms with E-state index in [4.69, 9.17) is 9.47 Å². The molecular formula is C24H28N2O5. The molecule has 0 spiro atoms. The van der Waals surface area contributed by atoms with Crippen LogP contribution < -0.4 is 20.1 Å². The minimum Gasteiger partial charge on any atom is -0.493 e. The number of imide groups is 1. The molecule has 1 atom stereocenters. The zero-order chi connectivity index (χ0) is 22.4. The van der Waals surface area contributed by atoms with Gasteiger partial charge in [-0.3, -0.25) is 19.7 Å². The number of ether oxygens (including phenoxy) is 2. The molecule has 7 nitrogen and oxygen atoms in total. The van der Waals surface area contributed by atoms with Crippen LogP contribution in [0.1, 0.15) is 43.7 Å². The van der Waals surface area contributed by atoms with Crippen LogP contribution >= 0.6 is 0 Å². The second-order valence-electron chi connectivity index (χ2n) is 7.59. The molecule has 1 aliphatic rings. The van der Waals surface area contributed by atoms with E-state index in [1.807, 2.05) is 37.3 Å². The summed E-state index contributed by atoms with van der Waals surface area (Å²) in [7, 11) is 3.16. The van der Waals surface area contributed by atoms with Crippen LogP contribution in [0.25, 0.3) is 0 Å². The highest BCUT2D eigenvalue weighted by atomic mass is 16.5. The van der Waals surface area contributed by atoms with Crippen LogP contribution in [0.3, 0.4) is 0 Å². The third-order valence-corrected chi connectivity index (χ3v) is 5.90. The number of carbonyl (C=O) groups excluding carboxylic acids is 3. The number of anilines is 1. The summed E-state index contributed by atoms with van der Waals surface area (Å²) < 4.78 is 10.7. The summed E-state index contributed by atoms with van der Waals surface area (Å²) in [4.78, 5) is 36.5. The van der Waals surface area contributed by atoms with E-state index >= 15 is 0 Å². The van der Waals surface area contributed by atoms with Gasteiger partial charge < -0.3 is 14.8 Å². The van der Waals surface area contributed by atoms with Gasteiger partial charge in [0, 0.05) is 18.5 Å². The number of hydrogen-bond acceptors (Lipinski definition) is 5. The summed E-state index contributed by atoms with van der Waals surface area (Å²) >= 11 is 0. The molecule has 2 aromatic carbocycles. The fourth-order valence-corrected chi connectivity index (χ4v) is 4.06. The minimum atomic E-state index is -0.709. The predicted octanol–water partition coefficient (Wildman–Crippen LogP) is 3.36. The van der Waals surface area contributed by atoms with Gasteiger partial charge in [-0.2, -0.15) is 0 Å². The maximum Gasteiger partial charge on any atom is 0.237 e. The van der Waals surface area contributed by atoms with Gasteiger partial charge in [0.1, 0.15) is 0 Å². The molecule has 0 saturated carbocycles. The molecule has 1 saturated heterocycles. The van der Waals surface area contributed by atoms with Crippen LogP contribution in [0.15, 0.2) is 42.5 Å². The molecule has 0 aliphatic carbocycles. The number of piperidine rings is 1. The van der Waals surface area contributed by atoms with Gasteiger partial charge in [0.05, 0.1) is 19.6 Å². The molecule has 3 amide bonds. The molecule has 1 aliphatic heterocycles. The molecule has 0 radical (unpaired) electrons. The molecule has 164 valence electrons. The second-order valence-corrected chi connectivity index (χ2v) is 7.59. The Hall–Kier alpha value is -3.35. The van der Waals surface area contributed by atoms with E-state index in [-0.39, 0.29) is 24.1 Å². The van der Waals surface area contributed by atoms with Gasteiger partial charge in [-0.15, -0.1) is 0 Å². The highest BCUT2D eigenvalue weighted by Crippen LogP contribution is 2.36. The maximum absolute atomic E-state index is 12.5. The Balaban J connectivity index is 1.64. The number of amides is 3. The number of nitrogens with one attached hydrogen (secondary N) is 2. The van der Waals surface area contributed by atoms with E-state index in [2.05, 4.69) is 10.6 Å². The van der Waals surface area contributed by atoms with Crippen LogP contribution in [-0.4, -0.2) is 31.9 Å². The Bertz CT molecular complexity index is 970. The molecule has 0 bridgehead atoms. The van der Waals surface area contributed by atoms with Crippen molar-refractivity contribution < 1.29 is 23.9 Å². The normalized spacial score (nSPS) is 18.3. The molecule has 3 rings (SSSR count). The van der Waals surface area contributed by atoms with Crippen LogP contribution in [0.4, 0.5) is 5.69 Å². The Kier molecular flexibility index (Phi) is 6.95. The smallest absolute Gasteiger partial charge is 0.237 e. The first-order chi connectivity index (χ1) is 14.9. The van der Waals surface area contributed by atoms with Crippen molar-refractivity contribution in [3.05, 3.63) is 53.6 Å². The summed E-state index contributed by atoms with van der Waals surface area (Å²) in [5.74, 6) is 0.662. The number of para-hydroxylation sites is 1. The Labute approximate surface area is 182 Å². The van der Waals surface area contributed by atoms with Gasteiger partial charge >= 0.3 is 0 Å². The van der Waals surface area contributed by atoms with E-state index in [9.17, 15) is 14.4 Å². The molecule has 0 aromatic heterocycles. The Morgan fingerprint density at radius 3 is 2.45 bits per heavy atom. The third kappa shape index (κ3) is 4.71. The molecule has 7 heteroatoms. The van der Waals surface area contributed by atoms with Crippen molar-refractivity contribution in [3.63, 3.8) is 0 Å². The molecule has 31 heavy (non-hydrogen) atoms. The molecule has 2 N–H and O–H groups in total. The van der Waals surface area contributed by atoms with Crippen LogP contribution in [-0.2, 0) is 26.2 Å². The van der Waals surface area contributed by atoms with Crippen molar-refractivity contribution in [3.8, 4) is 11.5 Å². The molecule has 2 aromatic rings. The third-order valence-electron chi connectivity index (χ3n) is 5.90. The summed E-state index contributed by atoms with van der Waals surface area (Å²) in [5.41, 5.74) is 1.69. The number of carbonyl (C=O) groups is 3. The lowest BCUT2D eigenvalue weighted by molar-refractivity contribution is -0.138. The number of methoxy groups -OCH3 is 2. The van der Waals surface area contributed by atoms with Gasteiger partial charge in [-0.05, 0) is 48.6 Å². The van der Waals surface area contributed by atoms with E-state index in [1.165, 1.54) is 0 Å². The highest BCUT2D eigenvalue weighted by molar-refractivity contribution is 6.03. The average molecular weight is 424 g/mol. The van der Waals surface area contributed by atoms with Crippen molar-refractivity contribution in [2.75, 3.05) is 19.5 Å². The maximum atomic E-state index is 12.5. The molecular weight excluding hydrogens is 396 g/mol. The lowest BCUT2D eigenvalue weighted by Gasteiger charge is -2.35. The Morgan fingerprint density at radius 1 is 1.10 bits per heavy atom. The average Bonchev–Trinajstić information content (AvgIpc) is 2.78. The lowest BCUT2D eigenvalue weighted by atomic mass is 9.72. The Morgan fingerprint density at radius 2 is 1.84 bits per heavy atom. The summed E-state index contributed by atoms with van der Waals surface area (Å²) in [6, 6.07) is 12.9. The van der Waals surface area contributed by atoms with Crippen LogP contribution in [0.5, 0.6) is 11.5 Å². The topological polar surface area (TPSA) is 93.7 Å². The number of rotatable bonds is 8. The van der Waals surface area contributed by atoms with Gasteiger partial charge in [0.25, 0.3) is 0 Å². The van der Waals surface area contributed by atoms with E-state index < -0.39 is 5.41 Å². The zero-order valence-corrected chi connectivity index (χ0v) is 18.1. The van der Waals surface area contributed by atoms with Crippen LogP contribution in [0, 0.1) is 0 Å². The quantitative estimate of drug-likeness (QED) is 0.634. The number of aryl methyl sites for hydroxylation is 1. The van der Waals surface area contributed by atoms with Gasteiger partial charge in [0.15, 0.2) is 11.5 Å². The predicted molar refractivity (Wildman–Crippen MR) is 117 cm³/mol. The van der Waals surface area contributed by atoms with Crippen molar-refractivity contribution in [1.82, 2.24) is 5.32 Å². The summed E-state index contributed by atoms with van der Waals surface area (Å²) in [6.07, 6.45) is 2.21. The lowest BCUT2D eigenvalue weighted by Crippen LogP contribution is -2.51. The first-order valence-electron chi connectivity index (χ1n) is 10.4. The molecule has 1 fully saturated rings. The van der Waals surface area contributed by atoms with Crippen LogP contribution in [0.2, 0.25) is 0 Å². The van der Waals surface area contributed by atoms with Crippen molar-refractivity contribution in [2.24, 2.45) is 0 Å².